The molecule has 5 heteroatoms. The maximum absolute atomic E-state index is 12.3. The largest absolute Gasteiger partial charge is 0.385 e. The number of fused-ring (bicyclic) bond motifs is 1. The zero-order valence-electron chi connectivity index (χ0n) is 12.5. The van der Waals surface area contributed by atoms with Crippen molar-refractivity contribution in [2.45, 2.75) is 18.9 Å². The minimum Gasteiger partial charge on any atom is -0.385 e. The lowest BCUT2D eigenvalue weighted by molar-refractivity contribution is -0.0175. The van der Waals surface area contributed by atoms with E-state index < -0.39 is 0 Å². The Morgan fingerprint density at radius 3 is 3.29 bits per heavy atom. The molecule has 114 valence electrons. The second kappa shape index (κ2) is 6.45. The Morgan fingerprint density at radius 2 is 2.43 bits per heavy atom. The molecule has 1 fully saturated rings. The topological polar surface area (TPSA) is 53.6 Å². The third kappa shape index (κ3) is 3.54. The highest BCUT2D eigenvalue weighted by Gasteiger charge is 2.19. The Kier molecular flexibility index (Phi) is 4.41. The molecule has 5 nitrogen and oxygen atoms in total. The fraction of sp³-hybridized carbons (Fsp3) is 0.562. The third-order valence-electron chi connectivity index (χ3n) is 4.14. The molecular weight excluding hydrogens is 266 g/mol. The first-order valence-corrected chi connectivity index (χ1v) is 7.67. The number of anilines is 1. The molecule has 2 aliphatic heterocycles. The molecule has 0 saturated carbocycles. The summed E-state index contributed by atoms with van der Waals surface area (Å²) in [5, 5.41) is 6.35. The lowest BCUT2D eigenvalue weighted by Crippen LogP contribution is -2.45. The normalized spacial score (nSPS) is 22.2. The Bertz CT molecular complexity index is 518. The van der Waals surface area contributed by atoms with Gasteiger partial charge in [0.25, 0.3) is 5.91 Å². The predicted molar refractivity (Wildman–Crippen MR) is 82.8 cm³/mol. The van der Waals surface area contributed by atoms with Gasteiger partial charge in [-0.1, -0.05) is 0 Å². The van der Waals surface area contributed by atoms with Gasteiger partial charge in [-0.2, -0.15) is 0 Å². The van der Waals surface area contributed by atoms with E-state index in [0.717, 1.165) is 50.3 Å². The maximum Gasteiger partial charge on any atom is 0.251 e. The first-order valence-electron chi connectivity index (χ1n) is 7.67. The van der Waals surface area contributed by atoms with Crippen LogP contribution in [-0.4, -0.2) is 56.7 Å². The summed E-state index contributed by atoms with van der Waals surface area (Å²) < 4.78 is 5.66. The average molecular weight is 289 g/mol. The number of morpholine rings is 1. The number of hydrogen-bond donors (Lipinski definition) is 2. The molecule has 0 spiro atoms. The Hall–Kier alpha value is -1.59. The number of nitrogens with one attached hydrogen (secondary N) is 2. The third-order valence-corrected chi connectivity index (χ3v) is 4.14. The first kappa shape index (κ1) is 14.4. The van der Waals surface area contributed by atoms with Crippen LogP contribution in [0.5, 0.6) is 0 Å². The van der Waals surface area contributed by atoms with Crippen molar-refractivity contribution >= 4 is 11.6 Å². The molecule has 1 aromatic carbocycles. The molecule has 1 unspecified atom stereocenters. The van der Waals surface area contributed by atoms with Crippen LogP contribution in [0.4, 0.5) is 5.69 Å². The van der Waals surface area contributed by atoms with Gasteiger partial charge in [0.05, 0.1) is 12.7 Å². The predicted octanol–water partition coefficient (Wildman–Crippen LogP) is 1.11. The van der Waals surface area contributed by atoms with Crippen molar-refractivity contribution in [3.8, 4) is 0 Å². The molecule has 2 aliphatic rings. The van der Waals surface area contributed by atoms with E-state index in [-0.39, 0.29) is 12.0 Å². The molecule has 2 N–H and O–H groups in total. The Labute approximate surface area is 125 Å². The van der Waals surface area contributed by atoms with Gasteiger partial charge in [0.1, 0.15) is 0 Å². The molecular formula is C16H23N3O2. The summed E-state index contributed by atoms with van der Waals surface area (Å²) in [6, 6.07) is 5.90. The van der Waals surface area contributed by atoms with Gasteiger partial charge in [0.15, 0.2) is 0 Å². The number of ether oxygens (including phenoxy) is 1. The number of benzene rings is 1. The van der Waals surface area contributed by atoms with E-state index >= 15 is 0 Å². The van der Waals surface area contributed by atoms with Crippen molar-refractivity contribution in [1.29, 1.82) is 0 Å². The highest BCUT2D eigenvalue weighted by molar-refractivity contribution is 5.95. The molecule has 2 heterocycles. The van der Waals surface area contributed by atoms with E-state index in [1.807, 2.05) is 18.2 Å². The van der Waals surface area contributed by atoms with E-state index in [0.29, 0.717) is 6.54 Å². The van der Waals surface area contributed by atoms with Crippen LogP contribution in [0.25, 0.3) is 0 Å². The molecule has 3 rings (SSSR count). The zero-order chi connectivity index (χ0) is 14.7. The maximum atomic E-state index is 12.3. The van der Waals surface area contributed by atoms with Crippen LogP contribution in [0, 0.1) is 0 Å². The van der Waals surface area contributed by atoms with Crippen molar-refractivity contribution in [3.05, 3.63) is 29.3 Å². The van der Waals surface area contributed by atoms with Crippen molar-refractivity contribution in [2.75, 3.05) is 45.2 Å². The molecule has 1 atom stereocenters. The van der Waals surface area contributed by atoms with Gasteiger partial charge in [-0.25, -0.2) is 0 Å². The number of aryl methyl sites for hydroxylation is 1. The van der Waals surface area contributed by atoms with Gasteiger partial charge in [0.2, 0.25) is 0 Å². The van der Waals surface area contributed by atoms with E-state index in [1.54, 1.807) is 0 Å². The standard InChI is InChI=1S/C16H23N3O2/c1-19-7-8-21-14(11-19)10-18-16(20)13-4-5-15-12(9-13)3-2-6-17-15/h4-5,9,14,17H,2-3,6-8,10-11H2,1H3,(H,18,20). The van der Waals surface area contributed by atoms with Gasteiger partial charge in [-0.05, 0) is 43.7 Å². The Morgan fingerprint density at radius 1 is 1.52 bits per heavy atom. The second-order valence-electron chi connectivity index (χ2n) is 5.87. The van der Waals surface area contributed by atoms with Gasteiger partial charge in [0, 0.05) is 37.4 Å². The van der Waals surface area contributed by atoms with Crippen LogP contribution >= 0.6 is 0 Å². The summed E-state index contributed by atoms with van der Waals surface area (Å²) >= 11 is 0. The van der Waals surface area contributed by atoms with E-state index in [1.165, 1.54) is 5.56 Å². The number of hydrogen-bond acceptors (Lipinski definition) is 4. The van der Waals surface area contributed by atoms with Gasteiger partial charge < -0.3 is 20.3 Å². The summed E-state index contributed by atoms with van der Waals surface area (Å²) in [7, 11) is 2.08. The second-order valence-corrected chi connectivity index (χ2v) is 5.87. The lowest BCUT2D eigenvalue weighted by atomic mass is 10.0. The van der Waals surface area contributed by atoms with Gasteiger partial charge in [-0.3, -0.25) is 4.79 Å². The number of likely N-dealkylation sites (N-methyl/N-ethyl adjacent to an activating group) is 1. The van der Waals surface area contributed by atoms with Crippen molar-refractivity contribution < 1.29 is 9.53 Å². The van der Waals surface area contributed by atoms with Crippen LogP contribution in [0.15, 0.2) is 18.2 Å². The van der Waals surface area contributed by atoms with Gasteiger partial charge in [-0.15, -0.1) is 0 Å². The number of rotatable bonds is 3. The molecule has 1 saturated heterocycles. The van der Waals surface area contributed by atoms with Crippen LogP contribution in [-0.2, 0) is 11.2 Å². The summed E-state index contributed by atoms with van der Waals surface area (Å²) in [6.07, 6.45) is 2.26. The zero-order valence-corrected chi connectivity index (χ0v) is 12.5. The summed E-state index contributed by atoms with van der Waals surface area (Å²) in [4.78, 5) is 14.5. The average Bonchev–Trinajstić information content (AvgIpc) is 2.52. The molecule has 1 aromatic rings. The quantitative estimate of drug-likeness (QED) is 0.875. The first-order chi connectivity index (χ1) is 10.2. The monoisotopic (exact) mass is 289 g/mol. The minimum atomic E-state index is -0.0137. The van der Waals surface area contributed by atoms with Crippen molar-refractivity contribution in [3.63, 3.8) is 0 Å². The SMILES string of the molecule is CN1CCOC(CNC(=O)c2ccc3c(c2)CCCN3)C1. The fourth-order valence-electron chi connectivity index (χ4n) is 2.92. The van der Waals surface area contributed by atoms with Crippen molar-refractivity contribution in [1.82, 2.24) is 10.2 Å². The lowest BCUT2D eigenvalue weighted by Gasteiger charge is -2.30. The molecule has 0 bridgehead atoms. The fourth-order valence-corrected chi connectivity index (χ4v) is 2.92. The highest BCUT2D eigenvalue weighted by atomic mass is 16.5. The van der Waals surface area contributed by atoms with E-state index in [9.17, 15) is 4.79 Å². The van der Waals surface area contributed by atoms with E-state index in [4.69, 9.17) is 4.74 Å². The highest BCUT2D eigenvalue weighted by Crippen LogP contribution is 2.22. The minimum absolute atomic E-state index is 0.0137. The van der Waals surface area contributed by atoms with Crippen molar-refractivity contribution in [2.24, 2.45) is 0 Å². The molecule has 0 radical (unpaired) electrons. The number of carbonyl (C=O) groups excluding carboxylic acids is 1. The summed E-state index contributed by atoms with van der Waals surface area (Å²) in [6.45, 7) is 4.15. The number of amides is 1. The summed E-state index contributed by atoms with van der Waals surface area (Å²) in [5.74, 6) is -0.0137. The van der Waals surface area contributed by atoms with Crippen LogP contribution < -0.4 is 10.6 Å². The number of nitrogens with zero attached hydrogens (tertiary/aromatic N) is 1. The van der Waals surface area contributed by atoms with Gasteiger partial charge >= 0.3 is 0 Å². The summed E-state index contributed by atoms with van der Waals surface area (Å²) in [5.41, 5.74) is 3.14. The Balaban J connectivity index is 1.57. The van der Waals surface area contributed by atoms with E-state index in [2.05, 4.69) is 22.6 Å². The molecule has 21 heavy (non-hydrogen) atoms. The van der Waals surface area contributed by atoms with Crippen LogP contribution in [0.2, 0.25) is 0 Å². The van der Waals surface area contributed by atoms with Crippen LogP contribution in [0.1, 0.15) is 22.3 Å². The molecule has 0 aliphatic carbocycles. The number of carbonyl (C=O) groups is 1. The molecule has 1 amide bonds. The van der Waals surface area contributed by atoms with Crippen LogP contribution in [0.3, 0.4) is 0 Å². The smallest absolute Gasteiger partial charge is 0.251 e. The molecule has 0 aromatic heterocycles.